The predicted octanol–water partition coefficient (Wildman–Crippen LogP) is 2.63. The number of alkyl halides is 1. The molecule has 3 heteroatoms. The summed E-state index contributed by atoms with van der Waals surface area (Å²) >= 11 is 2.43. The maximum absolute atomic E-state index is 4.00. The Kier molecular flexibility index (Phi) is 5.40. The van der Waals surface area contributed by atoms with Crippen molar-refractivity contribution < 1.29 is 0 Å². The van der Waals surface area contributed by atoms with Gasteiger partial charge >= 0.3 is 0 Å². The van der Waals surface area contributed by atoms with Gasteiger partial charge in [0.05, 0.1) is 0 Å². The molecule has 0 amide bonds. The van der Waals surface area contributed by atoms with Crippen LogP contribution in [0, 0.1) is 5.92 Å². The number of pyridine rings is 1. The van der Waals surface area contributed by atoms with Gasteiger partial charge in [-0.1, -0.05) is 36.4 Å². The molecule has 0 saturated heterocycles. The number of rotatable bonds is 5. The van der Waals surface area contributed by atoms with E-state index in [1.54, 1.807) is 0 Å². The van der Waals surface area contributed by atoms with Crippen LogP contribution in [0.25, 0.3) is 0 Å². The molecule has 1 atom stereocenters. The van der Waals surface area contributed by atoms with Gasteiger partial charge in [0, 0.05) is 29.4 Å². The average molecular weight is 304 g/mol. The molecule has 1 unspecified atom stereocenters. The molecule has 0 spiro atoms. The predicted molar refractivity (Wildman–Crippen MR) is 68.6 cm³/mol. The van der Waals surface area contributed by atoms with Crippen LogP contribution in [0.2, 0.25) is 0 Å². The van der Waals surface area contributed by atoms with E-state index in [1.807, 2.05) is 12.4 Å². The Balaban J connectivity index is 2.40. The Morgan fingerprint density at radius 3 is 2.50 bits per heavy atom. The summed E-state index contributed by atoms with van der Waals surface area (Å²) in [5, 5.41) is 3.55. The molecular formula is C11H17IN2. The zero-order chi connectivity index (χ0) is 10.4. The minimum Gasteiger partial charge on any atom is -0.309 e. The van der Waals surface area contributed by atoms with Crippen molar-refractivity contribution in [3.63, 3.8) is 0 Å². The summed E-state index contributed by atoms with van der Waals surface area (Å²) in [6, 6.07) is 4.71. The minimum absolute atomic E-state index is 0.601. The second-order valence-electron chi connectivity index (χ2n) is 3.74. The largest absolute Gasteiger partial charge is 0.309 e. The van der Waals surface area contributed by atoms with E-state index >= 15 is 0 Å². The van der Waals surface area contributed by atoms with Crippen molar-refractivity contribution in [3.8, 4) is 0 Å². The molecule has 2 nitrogen and oxygen atoms in total. The minimum atomic E-state index is 0.601. The summed E-state index contributed by atoms with van der Waals surface area (Å²) in [6.45, 7) is 5.44. The van der Waals surface area contributed by atoms with Crippen molar-refractivity contribution in [1.82, 2.24) is 10.3 Å². The van der Waals surface area contributed by atoms with Crippen LogP contribution < -0.4 is 5.32 Å². The van der Waals surface area contributed by atoms with Gasteiger partial charge in [0.15, 0.2) is 0 Å². The van der Waals surface area contributed by atoms with Crippen LogP contribution in [-0.2, 0) is 6.54 Å². The molecule has 0 aromatic carbocycles. The van der Waals surface area contributed by atoms with E-state index < -0.39 is 0 Å². The third-order valence-corrected chi connectivity index (χ3v) is 3.24. The molecule has 0 aliphatic carbocycles. The average Bonchev–Trinajstić information content (AvgIpc) is 2.20. The molecule has 1 heterocycles. The van der Waals surface area contributed by atoms with Crippen LogP contribution in [0.1, 0.15) is 19.4 Å². The number of nitrogens with zero attached hydrogens (tertiary/aromatic N) is 1. The van der Waals surface area contributed by atoms with Gasteiger partial charge in [0.2, 0.25) is 0 Å². The van der Waals surface area contributed by atoms with Gasteiger partial charge in [-0.15, -0.1) is 0 Å². The Labute approximate surface area is 99.7 Å². The van der Waals surface area contributed by atoms with Gasteiger partial charge in [-0.3, -0.25) is 4.98 Å². The van der Waals surface area contributed by atoms with E-state index in [0.717, 1.165) is 11.0 Å². The van der Waals surface area contributed by atoms with Gasteiger partial charge in [0.1, 0.15) is 0 Å². The SMILES string of the molecule is CC(C)C(CI)NCc1ccncc1. The Bertz CT molecular complexity index is 249. The van der Waals surface area contributed by atoms with Gasteiger partial charge in [-0.2, -0.15) is 0 Å². The first kappa shape index (κ1) is 11.9. The lowest BCUT2D eigenvalue weighted by Crippen LogP contribution is -2.34. The van der Waals surface area contributed by atoms with Crippen molar-refractivity contribution in [2.75, 3.05) is 4.43 Å². The van der Waals surface area contributed by atoms with E-state index in [4.69, 9.17) is 0 Å². The summed E-state index contributed by atoms with van der Waals surface area (Å²) in [7, 11) is 0. The van der Waals surface area contributed by atoms with Crippen LogP contribution in [0.3, 0.4) is 0 Å². The van der Waals surface area contributed by atoms with E-state index in [2.05, 4.69) is 58.9 Å². The lowest BCUT2D eigenvalue weighted by Gasteiger charge is -2.19. The van der Waals surface area contributed by atoms with Crippen molar-refractivity contribution in [1.29, 1.82) is 0 Å². The fourth-order valence-electron chi connectivity index (χ4n) is 1.22. The lowest BCUT2D eigenvalue weighted by atomic mass is 10.1. The van der Waals surface area contributed by atoms with E-state index in [1.165, 1.54) is 5.56 Å². The van der Waals surface area contributed by atoms with Gasteiger partial charge in [-0.05, 0) is 23.6 Å². The van der Waals surface area contributed by atoms with Crippen LogP contribution >= 0.6 is 22.6 Å². The van der Waals surface area contributed by atoms with Gasteiger partial charge in [-0.25, -0.2) is 0 Å². The molecule has 1 rings (SSSR count). The molecule has 1 aromatic rings. The molecule has 0 radical (unpaired) electrons. The van der Waals surface area contributed by atoms with Crippen LogP contribution in [0.15, 0.2) is 24.5 Å². The number of nitrogens with one attached hydrogen (secondary N) is 1. The van der Waals surface area contributed by atoms with E-state index in [0.29, 0.717) is 12.0 Å². The summed E-state index contributed by atoms with van der Waals surface area (Å²) in [4.78, 5) is 4.00. The lowest BCUT2D eigenvalue weighted by molar-refractivity contribution is 0.436. The zero-order valence-corrected chi connectivity index (χ0v) is 10.9. The highest BCUT2D eigenvalue weighted by Gasteiger charge is 2.10. The second-order valence-corrected chi connectivity index (χ2v) is 4.62. The highest BCUT2D eigenvalue weighted by molar-refractivity contribution is 14.1. The standard InChI is InChI=1S/C11H17IN2/c1-9(2)11(7-12)14-8-10-3-5-13-6-4-10/h3-6,9,11,14H,7-8H2,1-2H3. The summed E-state index contributed by atoms with van der Waals surface area (Å²) in [5.74, 6) is 0.689. The fraction of sp³-hybridized carbons (Fsp3) is 0.545. The Morgan fingerprint density at radius 2 is 2.00 bits per heavy atom. The first-order valence-electron chi connectivity index (χ1n) is 4.92. The topological polar surface area (TPSA) is 24.9 Å². The Morgan fingerprint density at radius 1 is 1.36 bits per heavy atom. The molecule has 0 aliphatic heterocycles. The Hall–Kier alpha value is -0.160. The molecule has 0 fully saturated rings. The van der Waals surface area contributed by atoms with Gasteiger partial charge < -0.3 is 5.32 Å². The van der Waals surface area contributed by atoms with Crippen molar-refractivity contribution >= 4 is 22.6 Å². The number of hydrogen-bond acceptors (Lipinski definition) is 2. The van der Waals surface area contributed by atoms with Crippen LogP contribution in [0.5, 0.6) is 0 Å². The maximum atomic E-state index is 4.00. The van der Waals surface area contributed by atoms with E-state index in [9.17, 15) is 0 Å². The summed E-state index contributed by atoms with van der Waals surface area (Å²) in [6.07, 6.45) is 3.68. The second kappa shape index (κ2) is 6.35. The highest BCUT2D eigenvalue weighted by atomic mass is 127. The molecule has 14 heavy (non-hydrogen) atoms. The smallest absolute Gasteiger partial charge is 0.0271 e. The molecule has 78 valence electrons. The van der Waals surface area contributed by atoms with E-state index in [-0.39, 0.29) is 0 Å². The molecule has 0 bridgehead atoms. The van der Waals surface area contributed by atoms with Crippen molar-refractivity contribution in [2.45, 2.75) is 26.4 Å². The van der Waals surface area contributed by atoms with Crippen LogP contribution in [0.4, 0.5) is 0 Å². The first-order valence-corrected chi connectivity index (χ1v) is 6.45. The number of halogens is 1. The van der Waals surface area contributed by atoms with Crippen molar-refractivity contribution in [3.05, 3.63) is 30.1 Å². The summed E-state index contributed by atoms with van der Waals surface area (Å²) < 4.78 is 1.15. The van der Waals surface area contributed by atoms with Crippen molar-refractivity contribution in [2.24, 2.45) is 5.92 Å². The van der Waals surface area contributed by atoms with Gasteiger partial charge in [0.25, 0.3) is 0 Å². The summed E-state index contributed by atoms with van der Waals surface area (Å²) in [5.41, 5.74) is 1.30. The fourth-order valence-corrected chi connectivity index (χ4v) is 2.55. The molecule has 0 aliphatic rings. The highest BCUT2D eigenvalue weighted by Crippen LogP contribution is 2.06. The molecule has 1 aromatic heterocycles. The molecule has 1 N–H and O–H groups in total. The maximum Gasteiger partial charge on any atom is 0.0271 e. The number of hydrogen-bond donors (Lipinski definition) is 1. The van der Waals surface area contributed by atoms with Crippen LogP contribution in [-0.4, -0.2) is 15.5 Å². The first-order chi connectivity index (χ1) is 6.74. The zero-order valence-electron chi connectivity index (χ0n) is 8.70. The quantitative estimate of drug-likeness (QED) is 0.668. The monoisotopic (exact) mass is 304 g/mol. The number of aromatic nitrogens is 1. The molecule has 0 saturated carbocycles. The third-order valence-electron chi connectivity index (χ3n) is 2.29. The normalized spacial score (nSPS) is 13.1. The molecular weight excluding hydrogens is 287 g/mol. The third kappa shape index (κ3) is 3.92.